The van der Waals surface area contributed by atoms with Gasteiger partial charge in [-0.25, -0.2) is 4.79 Å². The molecule has 0 bridgehead atoms. The van der Waals surface area contributed by atoms with Gasteiger partial charge in [-0.05, 0) is 73.2 Å². The van der Waals surface area contributed by atoms with Gasteiger partial charge in [0.15, 0.2) is 0 Å². The molecule has 0 saturated heterocycles. The monoisotopic (exact) mass is 443 g/mol. The average molecular weight is 444 g/mol. The van der Waals surface area contributed by atoms with E-state index in [9.17, 15) is 4.79 Å². The number of ether oxygens (including phenoxy) is 1. The molecule has 23 heavy (non-hydrogen) atoms. The molecule has 122 valence electrons. The maximum atomic E-state index is 12.7. The van der Waals surface area contributed by atoms with Crippen LogP contribution >= 0.6 is 34.2 Å². The maximum absolute atomic E-state index is 12.7. The van der Waals surface area contributed by atoms with Crippen LogP contribution in [0.15, 0.2) is 48.5 Å². The van der Waals surface area contributed by atoms with Crippen LogP contribution in [0.4, 0.5) is 10.5 Å². The Morgan fingerprint density at radius 1 is 1.13 bits per heavy atom. The quantitative estimate of drug-likeness (QED) is 0.554. The predicted molar refractivity (Wildman–Crippen MR) is 103 cm³/mol. The van der Waals surface area contributed by atoms with Crippen molar-refractivity contribution in [1.29, 1.82) is 0 Å². The minimum absolute atomic E-state index is 0.364. The smallest absolute Gasteiger partial charge is 0.415 e. The lowest BCUT2D eigenvalue weighted by atomic mass is 10.2. The largest absolute Gasteiger partial charge is 0.443 e. The number of para-hydroxylation sites is 1. The maximum Gasteiger partial charge on any atom is 0.415 e. The molecule has 0 spiro atoms. The molecule has 2 aromatic carbocycles. The van der Waals surface area contributed by atoms with Gasteiger partial charge in [0.05, 0.1) is 12.2 Å². The van der Waals surface area contributed by atoms with Crippen LogP contribution in [0.1, 0.15) is 26.3 Å². The normalized spacial score (nSPS) is 11.2. The van der Waals surface area contributed by atoms with E-state index in [1.54, 1.807) is 4.90 Å². The first-order valence-corrected chi connectivity index (χ1v) is 8.71. The first-order valence-electron chi connectivity index (χ1n) is 7.26. The SMILES string of the molecule is CC(C)(C)OC(=O)N(Cc1ccc(Cl)cc1)c1ccccc1I. The van der Waals surface area contributed by atoms with Crippen LogP contribution in [-0.4, -0.2) is 11.7 Å². The molecule has 0 saturated carbocycles. The van der Waals surface area contributed by atoms with E-state index in [4.69, 9.17) is 16.3 Å². The Bertz CT molecular complexity index is 680. The standard InChI is InChI=1S/C18H19ClINO2/c1-18(2,3)23-17(22)21(16-7-5-4-6-15(16)20)12-13-8-10-14(19)11-9-13/h4-11H,12H2,1-3H3. The lowest BCUT2D eigenvalue weighted by molar-refractivity contribution is 0.0577. The third-order valence-electron chi connectivity index (χ3n) is 3.01. The van der Waals surface area contributed by atoms with Crippen LogP contribution in [0, 0.1) is 3.57 Å². The number of benzene rings is 2. The minimum atomic E-state index is -0.546. The second-order valence-electron chi connectivity index (χ2n) is 6.14. The van der Waals surface area contributed by atoms with Gasteiger partial charge >= 0.3 is 6.09 Å². The van der Waals surface area contributed by atoms with Crippen molar-refractivity contribution in [3.05, 3.63) is 62.7 Å². The van der Waals surface area contributed by atoms with Gasteiger partial charge in [0.2, 0.25) is 0 Å². The topological polar surface area (TPSA) is 29.5 Å². The molecule has 0 atom stereocenters. The van der Waals surface area contributed by atoms with Crippen LogP contribution in [0.25, 0.3) is 0 Å². The van der Waals surface area contributed by atoms with Gasteiger partial charge in [-0.2, -0.15) is 0 Å². The number of rotatable bonds is 3. The fourth-order valence-corrected chi connectivity index (χ4v) is 2.81. The number of halogens is 2. The van der Waals surface area contributed by atoms with Gasteiger partial charge < -0.3 is 4.74 Å². The molecular formula is C18H19ClINO2. The summed E-state index contributed by atoms with van der Waals surface area (Å²) in [5.74, 6) is 0. The summed E-state index contributed by atoms with van der Waals surface area (Å²) in [6.45, 7) is 6.01. The summed E-state index contributed by atoms with van der Waals surface area (Å²) < 4.78 is 6.55. The van der Waals surface area contributed by atoms with Crippen LogP contribution in [0.5, 0.6) is 0 Å². The molecule has 5 heteroatoms. The predicted octanol–water partition coefficient (Wildman–Crippen LogP) is 5.89. The molecule has 0 aliphatic rings. The fourth-order valence-electron chi connectivity index (χ4n) is 2.01. The van der Waals surface area contributed by atoms with Crippen LogP contribution in [0.2, 0.25) is 5.02 Å². The number of hydrogen-bond donors (Lipinski definition) is 0. The van der Waals surface area contributed by atoms with E-state index in [0.29, 0.717) is 11.6 Å². The molecular weight excluding hydrogens is 425 g/mol. The van der Waals surface area contributed by atoms with Gasteiger partial charge in [0.1, 0.15) is 5.60 Å². The zero-order valence-corrected chi connectivity index (χ0v) is 16.3. The van der Waals surface area contributed by atoms with Crippen molar-refractivity contribution in [1.82, 2.24) is 0 Å². The van der Waals surface area contributed by atoms with Gasteiger partial charge in [0.25, 0.3) is 0 Å². The molecule has 0 aromatic heterocycles. The Hall–Kier alpha value is -1.27. The molecule has 1 amide bonds. The molecule has 0 heterocycles. The van der Waals surface area contributed by atoms with E-state index in [0.717, 1.165) is 14.8 Å². The Labute approximate surface area is 155 Å². The van der Waals surface area contributed by atoms with E-state index >= 15 is 0 Å². The molecule has 0 fully saturated rings. The summed E-state index contributed by atoms with van der Waals surface area (Å²) >= 11 is 8.16. The lowest BCUT2D eigenvalue weighted by Crippen LogP contribution is -2.36. The third-order valence-corrected chi connectivity index (χ3v) is 4.18. The van der Waals surface area contributed by atoms with E-state index in [-0.39, 0.29) is 6.09 Å². The molecule has 0 aliphatic heterocycles. The number of carbonyl (C=O) groups excluding carboxylic acids is 1. The average Bonchev–Trinajstić information content (AvgIpc) is 2.46. The third kappa shape index (κ3) is 5.39. The van der Waals surface area contributed by atoms with Crippen LogP contribution < -0.4 is 4.90 Å². The summed E-state index contributed by atoms with van der Waals surface area (Å²) in [6.07, 6.45) is -0.364. The van der Waals surface area contributed by atoms with Crippen molar-refractivity contribution in [3.8, 4) is 0 Å². The summed E-state index contributed by atoms with van der Waals surface area (Å²) in [7, 11) is 0. The summed E-state index contributed by atoms with van der Waals surface area (Å²) in [5.41, 5.74) is 1.27. The van der Waals surface area contributed by atoms with Crippen LogP contribution in [-0.2, 0) is 11.3 Å². The van der Waals surface area contributed by atoms with E-state index in [2.05, 4.69) is 22.6 Å². The van der Waals surface area contributed by atoms with Crippen molar-refractivity contribution in [2.45, 2.75) is 32.9 Å². The Morgan fingerprint density at radius 2 is 1.74 bits per heavy atom. The van der Waals surface area contributed by atoms with Gasteiger partial charge in [0, 0.05) is 8.59 Å². The molecule has 0 aliphatic carbocycles. The van der Waals surface area contributed by atoms with E-state index in [1.165, 1.54) is 0 Å². The minimum Gasteiger partial charge on any atom is -0.443 e. The zero-order valence-electron chi connectivity index (χ0n) is 13.3. The Kier molecular flexibility index (Phi) is 5.92. The lowest BCUT2D eigenvalue weighted by Gasteiger charge is -2.28. The summed E-state index contributed by atoms with van der Waals surface area (Å²) in [6, 6.07) is 15.2. The van der Waals surface area contributed by atoms with Gasteiger partial charge in [-0.3, -0.25) is 4.90 Å². The van der Waals surface area contributed by atoms with Crippen molar-refractivity contribution < 1.29 is 9.53 Å². The number of carbonyl (C=O) groups is 1. The summed E-state index contributed by atoms with van der Waals surface area (Å²) in [4.78, 5) is 14.3. The van der Waals surface area contributed by atoms with E-state index < -0.39 is 5.60 Å². The van der Waals surface area contributed by atoms with Crippen LogP contribution in [0.3, 0.4) is 0 Å². The molecule has 3 nitrogen and oxygen atoms in total. The number of nitrogens with zero attached hydrogens (tertiary/aromatic N) is 1. The summed E-state index contributed by atoms with van der Waals surface area (Å²) in [5, 5.41) is 0.673. The van der Waals surface area contributed by atoms with Crippen molar-refractivity contribution in [2.24, 2.45) is 0 Å². The fraction of sp³-hybridized carbons (Fsp3) is 0.278. The van der Waals surface area contributed by atoms with Crippen molar-refractivity contribution >= 4 is 46.0 Å². The molecule has 0 N–H and O–H groups in total. The highest BCUT2D eigenvalue weighted by Crippen LogP contribution is 2.26. The highest BCUT2D eigenvalue weighted by atomic mass is 127. The second-order valence-corrected chi connectivity index (χ2v) is 7.74. The number of amides is 1. The highest BCUT2D eigenvalue weighted by molar-refractivity contribution is 14.1. The second kappa shape index (κ2) is 7.53. The first-order chi connectivity index (χ1) is 10.8. The first kappa shape index (κ1) is 18.1. The molecule has 2 aromatic rings. The Morgan fingerprint density at radius 3 is 2.30 bits per heavy atom. The molecule has 0 unspecified atom stereocenters. The number of anilines is 1. The highest BCUT2D eigenvalue weighted by Gasteiger charge is 2.24. The zero-order chi connectivity index (χ0) is 17.0. The molecule has 0 radical (unpaired) electrons. The van der Waals surface area contributed by atoms with Gasteiger partial charge in [-0.15, -0.1) is 0 Å². The molecule has 2 rings (SSSR count). The Balaban J connectivity index is 2.33. The van der Waals surface area contributed by atoms with Gasteiger partial charge in [-0.1, -0.05) is 35.9 Å². The van der Waals surface area contributed by atoms with Crippen molar-refractivity contribution in [3.63, 3.8) is 0 Å². The number of hydrogen-bond acceptors (Lipinski definition) is 2. The van der Waals surface area contributed by atoms with E-state index in [1.807, 2.05) is 69.3 Å². The van der Waals surface area contributed by atoms with Crippen molar-refractivity contribution in [2.75, 3.05) is 4.90 Å².